The molecule has 8 nitrogen and oxygen atoms in total. The maximum atomic E-state index is 12.9. The van der Waals surface area contributed by atoms with Crippen LogP contribution in [0.1, 0.15) is 18.9 Å². The van der Waals surface area contributed by atoms with Crippen molar-refractivity contribution in [1.29, 1.82) is 0 Å². The molecule has 0 aliphatic heterocycles. The number of sulfone groups is 1. The summed E-state index contributed by atoms with van der Waals surface area (Å²) in [5, 5.41) is 8.95. The maximum Gasteiger partial charge on any atom is 0.264 e. The number of aryl methyl sites for hydroxylation is 1. The standard InChI is InChI=1S/C22H23N3O5S/c1-3-30-18-8-6-17(7-9-18)23-21(26)12-13-31(28,29)20-14-16(5-4-15(20)2)19-10-11-22(27)25-24-19/h4-11,14H,3,12-13H2,1-2H3,(H,23,26)(H,25,27). The van der Waals surface area contributed by atoms with Crippen molar-refractivity contribution >= 4 is 21.4 Å². The van der Waals surface area contributed by atoms with Crippen molar-refractivity contribution < 1.29 is 17.9 Å². The van der Waals surface area contributed by atoms with Gasteiger partial charge in [0.25, 0.3) is 5.56 Å². The van der Waals surface area contributed by atoms with Crippen LogP contribution in [-0.2, 0) is 14.6 Å². The summed E-state index contributed by atoms with van der Waals surface area (Å²) in [4.78, 5) is 23.6. The summed E-state index contributed by atoms with van der Waals surface area (Å²) in [6.45, 7) is 4.12. The van der Waals surface area contributed by atoms with E-state index in [9.17, 15) is 18.0 Å². The lowest BCUT2D eigenvalue weighted by atomic mass is 10.1. The minimum absolute atomic E-state index is 0.131. The highest BCUT2D eigenvalue weighted by molar-refractivity contribution is 7.91. The number of aromatic amines is 1. The third-order valence-corrected chi connectivity index (χ3v) is 6.40. The van der Waals surface area contributed by atoms with E-state index in [1.807, 2.05) is 6.92 Å². The molecule has 0 atom stereocenters. The van der Waals surface area contributed by atoms with Gasteiger partial charge in [-0.1, -0.05) is 12.1 Å². The molecule has 0 aliphatic carbocycles. The molecule has 162 valence electrons. The van der Waals surface area contributed by atoms with E-state index < -0.39 is 15.7 Å². The smallest absolute Gasteiger partial charge is 0.264 e. The molecule has 0 unspecified atom stereocenters. The SMILES string of the molecule is CCOc1ccc(NC(=O)CCS(=O)(=O)c2cc(-c3ccc(=O)[nH]n3)ccc2C)cc1. The number of hydrogen-bond acceptors (Lipinski definition) is 6. The largest absolute Gasteiger partial charge is 0.494 e. The lowest BCUT2D eigenvalue weighted by Crippen LogP contribution is -2.18. The number of benzene rings is 2. The summed E-state index contributed by atoms with van der Waals surface area (Å²) in [6.07, 6.45) is -0.184. The zero-order valence-electron chi connectivity index (χ0n) is 17.2. The highest BCUT2D eigenvalue weighted by Gasteiger charge is 2.20. The van der Waals surface area contributed by atoms with Crippen LogP contribution in [0.25, 0.3) is 11.3 Å². The zero-order chi connectivity index (χ0) is 22.4. The minimum atomic E-state index is -3.71. The molecule has 0 saturated carbocycles. The number of anilines is 1. The molecule has 31 heavy (non-hydrogen) atoms. The molecular weight excluding hydrogens is 418 g/mol. The number of carbonyl (C=O) groups is 1. The number of nitrogens with zero attached hydrogens (tertiary/aromatic N) is 1. The summed E-state index contributed by atoms with van der Waals surface area (Å²) in [5.74, 6) is -0.0431. The van der Waals surface area contributed by atoms with Crippen molar-refractivity contribution in [3.63, 3.8) is 0 Å². The number of nitrogens with one attached hydrogen (secondary N) is 2. The van der Waals surface area contributed by atoms with Crippen LogP contribution in [0.2, 0.25) is 0 Å². The third-order valence-electron chi connectivity index (χ3n) is 4.55. The first-order chi connectivity index (χ1) is 14.8. The second-order valence-corrected chi connectivity index (χ2v) is 8.94. The van der Waals surface area contributed by atoms with Crippen LogP contribution in [0.3, 0.4) is 0 Å². The molecule has 1 aromatic heterocycles. The molecule has 1 amide bonds. The van der Waals surface area contributed by atoms with Gasteiger partial charge in [0, 0.05) is 23.7 Å². The first-order valence-electron chi connectivity index (χ1n) is 9.71. The van der Waals surface area contributed by atoms with Crippen molar-refractivity contribution in [2.24, 2.45) is 0 Å². The van der Waals surface area contributed by atoms with E-state index in [1.165, 1.54) is 18.2 Å². The van der Waals surface area contributed by atoms with Crippen LogP contribution < -0.4 is 15.6 Å². The minimum Gasteiger partial charge on any atom is -0.494 e. The lowest BCUT2D eigenvalue weighted by Gasteiger charge is -2.11. The molecule has 3 rings (SSSR count). The first-order valence-corrected chi connectivity index (χ1v) is 11.4. The summed E-state index contributed by atoms with van der Waals surface area (Å²) in [7, 11) is -3.71. The summed E-state index contributed by atoms with van der Waals surface area (Å²) in [6, 6.07) is 14.6. The normalized spacial score (nSPS) is 11.2. The lowest BCUT2D eigenvalue weighted by molar-refractivity contribution is -0.115. The highest BCUT2D eigenvalue weighted by atomic mass is 32.2. The Morgan fingerprint density at radius 3 is 2.48 bits per heavy atom. The Kier molecular flexibility index (Phi) is 6.86. The average Bonchev–Trinajstić information content (AvgIpc) is 2.75. The second-order valence-electron chi connectivity index (χ2n) is 6.86. The Hall–Kier alpha value is -3.46. The van der Waals surface area contributed by atoms with Gasteiger partial charge < -0.3 is 10.1 Å². The fraction of sp³-hybridized carbons (Fsp3) is 0.227. The van der Waals surface area contributed by atoms with E-state index in [4.69, 9.17) is 4.74 Å². The van der Waals surface area contributed by atoms with Crippen molar-refractivity contribution in [3.8, 4) is 17.0 Å². The predicted molar refractivity (Wildman–Crippen MR) is 118 cm³/mol. The molecule has 2 N–H and O–H groups in total. The molecule has 0 radical (unpaired) electrons. The predicted octanol–water partition coefficient (Wildman–Crippen LogP) is 2.95. The van der Waals surface area contributed by atoms with Gasteiger partial charge in [0.15, 0.2) is 9.84 Å². The van der Waals surface area contributed by atoms with Crippen molar-refractivity contribution in [1.82, 2.24) is 10.2 Å². The number of carbonyl (C=O) groups excluding carboxylic acids is 1. The monoisotopic (exact) mass is 441 g/mol. The summed E-state index contributed by atoms with van der Waals surface area (Å²) >= 11 is 0. The van der Waals surface area contributed by atoms with Crippen LogP contribution in [0.5, 0.6) is 5.75 Å². The Bertz CT molecular complexity index is 1210. The Labute approximate surface area is 180 Å². The molecular formula is C22H23N3O5S. The Morgan fingerprint density at radius 1 is 1.10 bits per heavy atom. The van der Waals surface area contributed by atoms with Crippen LogP contribution in [0, 0.1) is 6.92 Å². The van der Waals surface area contributed by atoms with Gasteiger partial charge in [0.2, 0.25) is 5.91 Å². The van der Waals surface area contributed by atoms with Crippen LogP contribution in [0.4, 0.5) is 5.69 Å². The van der Waals surface area contributed by atoms with Gasteiger partial charge in [-0.2, -0.15) is 5.10 Å². The quantitative estimate of drug-likeness (QED) is 0.555. The van der Waals surface area contributed by atoms with E-state index in [0.29, 0.717) is 34.9 Å². The molecule has 2 aromatic carbocycles. The Morgan fingerprint density at radius 2 is 1.84 bits per heavy atom. The summed E-state index contributed by atoms with van der Waals surface area (Å²) < 4.78 is 31.1. The van der Waals surface area contributed by atoms with Gasteiger partial charge in [-0.25, -0.2) is 13.5 Å². The number of rotatable bonds is 8. The molecule has 3 aromatic rings. The first kappa shape index (κ1) is 22.2. The number of H-pyrrole nitrogens is 1. The van der Waals surface area contributed by atoms with Crippen LogP contribution >= 0.6 is 0 Å². The van der Waals surface area contributed by atoms with Gasteiger partial charge in [0.05, 0.1) is 22.9 Å². The average molecular weight is 442 g/mol. The van der Waals surface area contributed by atoms with E-state index in [2.05, 4.69) is 15.5 Å². The fourth-order valence-corrected chi connectivity index (χ4v) is 4.50. The van der Waals surface area contributed by atoms with Crippen molar-refractivity contribution in [2.45, 2.75) is 25.2 Å². The molecule has 0 fully saturated rings. The van der Waals surface area contributed by atoms with Gasteiger partial charge in [-0.15, -0.1) is 0 Å². The second kappa shape index (κ2) is 9.57. The molecule has 0 spiro atoms. The third kappa shape index (κ3) is 5.79. The van der Waals surface area contributed by atoms with E-state index >= 15 is 0 Å². The van der Waals surface area contributed by atoms with Crippen LogP contribution in [-0.4, -0.2) is 36.9 Å². The van der Waals surface area contributed by atoms with E-state index in [0.717, 1.165) is 0 Å². The molecule has 0 aliphatic rings. The van der Waals surface area contributed by atoms with Gasteiger partial charge >= 0.3 is 0 Å². The topological polar surface area (TPSA) is 118 Å². The van der Waals surface area contributed by atoms with Crippen molar-refractivity contribution in [3.05, 3.63) is 70.5 Å². The molecule has 0 saturated heterocycles. The van der Waals surface area contributed by atoms with Gasteiger partial charge in [-0.3, -0.25) is 9.59 Å². The summed E-state index contributed by atoms with van der Waals surface area (Å²) in [5.41, 5.74) is 1.79. The van der Waals surface area contributed by atoms with E-state index in [-0.39, 0.29) is 22.6 Å². The number of amides is 1. The highest BCUT2D eigenvalue weighted by Crippen LogP contribution is 2.24. The van der Waals surface area contributed by atoms with Crippen LogP contribution in [0.15, 0.2) is 64.3 Å². The number of hydrogen-bond donors (Lipinski definition) is 2. The Balaban J connectivity index is 1.70. The van der Waals surface area contributed by atoms with Gasteiger partial charge in [-0.05, 0) is 55.8 Å². The molecule has 1 heterocycles. The number of aromatic nitrogens is 2. The van der Waals surface area contributed by atoms with E-state index in [1.54, 1.807) is 43.3 Å². The maximum absolute atomic E-state index is 12.9. The number of ether oxygens (including phenoxy) is 1. The molecule has 9 heteroatoms. The molecule has 0 bridgehead atoms. The fourth-order valence-electron chi connectivity index (χ4n) is 2.96. The van der Waals surface area contributed by atoms with Crippen molar-refractivity contribution in [2.75, 3.05) is 17.7 Å². The zero-order valence-corrected chi connectivity index (χ0v) is 18.0. The van der Waals surface area contributed by atoms with Gasteiger partial charge in [0.1, 0.15) is 5.75 Å².